The van der Waals surface area contributed by atoms with Crippen LogP contribution < -0.4 is 5.32 Å². The number of unbranched alkanes of at least 4 members (excludes halogenated alkanes) is 5. The summed E-state index contributed by atoms with van der Waals surface area (Å²) in [6, 6.07) is 0. The molecule has 8 heteroatoms. The lowest BCUT2D eigenvalue weighted by molar-refractivity contribution is -0.120. The molecule has 0 aliphatic carbocycles. The largest absolute Gasteiger partial charge is 0.381 e. The Kier molecular flexibility index (Phi) is 12.4. The number of tetrazole rings is 1. The molecule has 1 aromatic heterocycles. The van der Waals surface area contributed by atoms with Gasteiger partial charge in [-0.15, -0.1) is 5.10 Å². The quantitative estimate of drug-likeness (QED) is 0.384. The van der Waals surface area contributed by atoms with Gasteiger partial charge in [0.2, 0.25) is 11.1 Å². The first-order valence-electron chi connectivity index (χ1n) is 8.93. The van der Waals surface area contributed by atoms with Crippen LogP contribution in [0, 0.1) is 0 Å². The Bertz CT molecular complexity index is 442. The predicted octanol–water partition coefficient (Wildman–Crippen LogP) is 2.58. The predicted molar refractivity (Wildman–Crippen MR) is 96.0 cm³/mol. The number of aryl methyl sites for hydroxylation is 1. The van der Waals surface area contributed by atoms with Crippen LogP contribution in [0.2, 0.25) is 0 Å². The van der Waals surface area contributed by atoms with Gasteiger partial charge >= 0.3 is 0 Å². The Morgan fingerprint density at radius 2 is 1.92 bits per heavy atom. The van der Waals surface area contributed by atoms with Crippen LogP contribution in [0.5, 0.6) is 0 Å². The van der Waals surface area contributed by atoms with Crippen LogP contribution in [0.15, 0.2) is 5.16 Å². The second-order valence-corrected chi connectivity index (χ2v) is 6.83. The number of ether oxygens (including phenoxy) is 1. The number of hydrogen-bond acceptors (Lipinski definition) is 6. The van der Waals surface area contributed by atoms with E-state index in [-0.39, 0.29) is 5.91 Å². The van der Waals surface area contributed by atoms with E-state index in [0.29, 0.717) is 25.3 Å². The first kappa shape index (κ1) is 20.9. The molecule has 1 aromatic rings. The summed E-state index contributed by atoms with van der Waals surface area (Å²) in [4.78, 5) is 11.7. The maximum atomic E-state index is 11.7. The number of nitrogens with one attached hydrogen (secondary N) is 1. The molecule has 0 atom stereocenters. The third-order valence-corrected chi connectivity index (χ3v) is 4.58. The smallest absolute Gasteiger partial charge is 0.220 e. The molecule has 138 valence electrons. The van der Waals surface area contributed by atoms with Crippen LogP contribution in [0.4, 0.5) is 0 Å². The number of carbonyl (C=O) groups is 1. The molecule has 0 saturated carbocycles. The summed E-state index contributed by atoms with van der Waals surface area (Å²) in [5, 5.41) is 14.8. The molecule has 7 nitrogen and oxygen atoms in total. The van der Waals surface area contributed by atoms with E-state index < -0.39 is 0 Å². The minimum atomic E-state index is 0.0635. The van der Waals surface area contributed by atoms with E-state index in [1.807, 2.05) is 0 Å². The van der Waals surface area contributed by atoms with Crippen LogP contribution in [0.3, 0.4) is 0 Å². The lowest BCUT2D eigenvalue weighted by Crippen LogP contribution is -2.25. The number of hydrogen-bond donors (Lipinski definition) is 1. The fourth-order valence-corrected chi connectivity index (χ4v) is 2.94. The second kappa shape index (κ2) is 14.2. The van der Waals surface area contributed by atoms with E-state index in [0.717, 1.165) is 24.6 Å². The van der Waals surface area contributed by atoms with Gasteiger partial charge in [0.1, 0.15) is 0 Å². The average molecular weight is 358 g/mol. The van der Waals surface area contributed by atoms with Gasteiger partial charge < -0.3 is 10.1 Å². The van der Waals surface area contributed by atoms with Crippen LogP contribution in [0.1, 0.15) is 58.3 Å². The van der Waals surface area contributed by atoms with E-state index >= 15 is 0 Å². The second-order valence-electron chi connectivity index (χ2n) is 5.77. The lowest BCUT2D eigenvalue weighted by atomic mass is 10.1. The highest BCUT2D eigenvalue weighted by Gasteiger charge is 2.05. The van der Waals surface area contributed by atoms with Crippen LogP contribution >= 0.6 is 11.8 Å². The fourth-order valence-electron chi connectivity index (χ4n) is 2.16. The summed E-state index contributed by atoms with van der Waals surface area (Å²) in [7, 11) is 1.79. The van der Waals surface area contributed by atoms with E-state index in [1.165, 1.54) is 43.9 Å². The molecule has 1 amide bonds. The summed E-state index contributed by atoms with van der Waals surface area (Å²) in [5.41, 5.74) is 0. The number of amides is 1. The van der Waals surface area contributed by atoms with Crippen molar-refractivity contribution in [1.82, 2.24) is 25.5 Å². The summed E-state index contributed by atoms with van der Waals surface area (Å²) < 4.78 is 7.19. The van der Waals surface area contributed by atoms with Crippen molar-refractivity contribution in [1.29, 1.82) is 0 Å². The van der Waals surface area contributed by atoms with Crippen LogP contribution in [-0.4, -0.2) is 51.6 Å². The van der Waals surface area contributed by atoms with Gasteiger partial charge in [0.15, 0.2) is 0 Å². The number of carbonyl (C=O) groups excluding carboxylic acids is 1. The number of thioether (sulfide) groups is 1. The molecule has 0 spiro atoms. The third-order valence-electron chi connectivity index (χ3n) is 3.57. The summed E-state index contributed by atoms with van der Waals surface area (Å²) >= 11 is 1.48. The third kappa shape index (κ3) is 10.6. The maximum Gasteiger partial charge on any atom is 0.220 e. The molecular weight excluding hydrogens is 326 g/mol. The zero-order valence-electron chi connectivity index (χ0n) is 15.0. The molecular formula is C16H31N5O2S. The molecule has 0 fully saturated rings. The minimum absolute atomic E-state index is 0.0635. The Hall–Kier alpha value is -1.15. The highest BCUT2D eigenvalue weighted by Crippen LogP contribution is 2.12. The van der Waals surface area contributed by atoms with Crippen molar-refractivity contribution in [3.05, 3.63) is 0 Å². The molecule has 1 N–H and O–H groups in total. The fraction of sp³-hybridized carbons (Fsp3) is 0.875. The van der Waals surface area contributed by atoms with E-state index in [2.05, 4.69) is 27.8 Å². The highest BCUT2D eigenvalue weighted by molar-refractivity contribution is 7.99. The number of rotatable bonds is 15. The summed E-state index contributed by atoms with van der Waals surface area (Å²) in [6.07, 6.45) is 9.02. The number of nitrogens with zero attached hydrogens (tertiary/aromatic N) is 4. The van der Waals surface area contributed by atoms with Gasteiger partial charge in [-0.1, -0.05) is 50.8 Å². The zero-order valence-corrected chi connectivity index (χ0v) is 15.8. The van der Waals surface area contributed by atoms with E-state index in [1.54, 1.807) is 11.7 Å². The van der Waals surface area contributed by atoms with Crippen LogP contribution in [-0.2, 0) is 16.6 Å². The molecule has 24 heavy (non-hydrogen) atoms. The summed E-state index contributed by atoms with van der Waals surface area (Å²) in [5.74, 6) is 0.739. The average Bonchev–Trinajstić information content (AvgIpc) is 2.98. The van der Waals surface area contributed by atoms with Gasteiger partial charge in [-0.3, -0.25) is 4.79 Å². The van der Waals surface area contributed by atoms with Gasteiger partial charge in [0.05, 0.1) is 0 Å². The molecule has 1 rings (SSSR count). The van der Waals surface area contributed by atoms with Crippen molar-refractivity contribution in [3.8, 4) is 0 Å². The van der Waals surface area contributed by atoms with E-state index in [9.17, 15) is 4.79 Å². The van der Waals surface area contributed by atoms with Gasteiger partial charge in [-0.05, 0) is 23.3 Å². The first-order valence-corrected chi connectivity index (χ1v) is 9.92. The molecule has 0 unspecified atom stereocenters. The Morgan fingerprint density at radius 3 is 2.67 bits per heavy atom. The SMILES string of the molecule is CCCCCCCCOCCCNC(=O)CCSc1nnnn1C. The van der Waals surface area contributed by atoms with Crippen molar-refractivity contribution in [3.63, 3.8) is 0 Å². The molecule has 0 radical (unpaired) electrons. The highest BCUT2D eigenvalue weighted by atomic mass is 32.2. The Balaban J connectivity index is 1.83. The monoisotopic (exact) mass is 357 g/mol. The molecule has 0 bridgehead atoms. The minimum Gasteiger partial charge on any atom is -0.381 e. The van der Waals surface area contributed by atoms with Crippen LogP contribution in [0.25, 0.3) is 0 Å². The standard InChI is InChI=1S/C16H31N5O2S/c1-3-4-5-6-7-8-12-23-13-9-11-17-15(22)10-14-24-16-18-19-20-21(16)2/h3-14H2,1-2H3,(H,17,22). The van der Waals surface area contributed by atoms with Crippen molar-refractivity contribution in [2.75, 3.05) is 25.5 Å². The lowest BCUT2D eigenvalue weighted by Gasteiger charge is -2.06. The maximum absolute atomic E-state index is 11.7. The van der Waals surface area contributed by atoms with Gasteiger partial charge in [0.25, 0.3) is 0 Å². The van der Waals surface area contributed by atoms with Gasteiger partial charge in [-0.2, -0.15) is 0 Å². The Morgan fingerprint density at radius 1 is 1.17 bits per heavy atom. The molecule has 1 heterocycles. The van der Waals surface area contributed by atoms with E-state index in [4.69, 9.17) is 4.74 Å². The normalized spacial score (nSPS) is 10.9. The van der Waals surface area contributed by atoms with Crippen molar-refractivity contribution >= 4 is 17.7 Å². The molecule has 0 aromatic carbocycles. The number of aromatic nitrogens is 4. The molecule has 0 aliphatic heterocycles. The first-order chi connectivity index (χ1) is 11.7. The topological polar surface area (TPSA) is 81.9 Å². The van der Waals surface area contributed by atoms with Crippen molar-refractivity contribution in [2.45, 2.75) is 63.4 Å². The van der Waals surface area contributed by atoms with Gasteiger partial charge in [0, 0.05) is 39.0 Å². The van der Waals surface area contributed by atoms with Crippen molar-refractivity contribution in [2.24, 2.45) is 7.05 Å². The zero-order chi connectivity index (χ0) is 17.5. The summed E-state index contributed by atoms with van der Waals surface area (Å²) in [6.45, 7) is 4.46. The van der Waals surface area contributed by atoms with Crippen molar-refractivity contribution < 1.29 is 9.53 Å². The van der Waals surface area contributed by atoms with Gasteiger partial charge in [-0.25, -0.2) is 4.68 Å². The molecule has 0 saturated heterocycles. The Labute approximate surface area is 149 Å². The molecule has 0 aliphatic rings.